The van der Waals surface area contributed by atoms with Gasteiger partial charge in [0.05, 0.1) is 11.3 Å². The van der Waals surface area contributed by atoms with Crippen LogP contribution in [0.1, 0.15) is 20.7 Å². The van der Waals surface area contributed by atoms with Crippen molar-refractivity contribution in [2.75, 3.05) is 5.32 Å². The van der Waals surface area contributed by atoms with Crippen molar-refractivity contribution in [3.8, 4) is 0 Å². The average molecular weight is 321 g/mol. The van der Waals surface area contributed by atoms with Crippen molar-refractivity contribution in [3.63, 3.8) is 0 Å². The quantitative estimate of drug-likeness (QED) is 0.911. The van der Waals surface area contributed by atoms with Gasteiger partial charge in [0.2, 0.25) is 0 Å². The molecule has 19 heavy (non-hydrogen) atoms. The second-order valence-corrected chi connectivity index (χ2v) is 4.51. The van der Waals surface area contributed by atoms with Gasteiger partial charge in [0.15, 0.2) is 0 Å². The molecule has 2 rings (SSSR count). The Morgan fingerprint density at radius 3 is 2.47 bits per heavy atom. The number of rotatable bonds is 3. The molecule has 0 unspecified atom stereocenters. The molecule has 0 bridgehead atoms. The molecular formula is C13H9BrN2O3. The van der Waals surface area contributed by atoms with Crippen LogP contribution in [0.15, 0.2) is 47.2 Å². The summed E-state index contributed by atoms with van der Waals surface area (Å²) >= 11 is 3.23. The standard InChI is InChI=1S/C13H9BrN2O3/c14-10-3-1-2-9(13(18)19)11(10)16-12(17)8-4-6-15-7-5-8/h1-7H,(H,16,17)(H,18,19). The van der Waals surface area contributed by atoms with Crippen molar-refractivity contribution in [2.24, 2.45) is 0 Å². The monoisotopic (exact) mass is 320 g/mol. The molecule has 0 radical (unpaired) electrons. The minimum atomic E-state index is -1.11. The minimum Gasteiger partial charge on any atom is -0.478 e. The van der Waals surface area contributed by atoms with Crippen LogP contribution in [-0.2, 0) is 0 Å². The summed E-state index contributed by atoms with van der Waals surface area (Å²) in [5.41, 5.74) is 0.663. The molecule has 1 aromatic heterocycles. The number of nitrogens with zero attached hydrogens (tertiary/aromatic N) is 1. The number of para-hydroxylation sites is 1. The number of carboxylic acid groups (broad SMARTS) is 1. The summed E-state index contributed by atoms with van der Waals surface area (Å²) in [4.78, 5) is 26.9. The van der Waals surface area contributed by atoms with Gasteiger partial charge in [-0.3, -0.25) is 9.78 Å². The molecule has 0 saturated carbocycles. The smallest absolute Gasteiger partial charge is 0.337 e. The summed E-state index contributed by atoms with van der Waals surface area (Å²) < 4.78 is 0.509. The summed E-state index contributed by atoms with van der Waals surface area (Å²) in [7, 11) is 0. The summed E-state index contributed by atoms with van der Waals surface area (Å²) in [5.74, 6) is -1.50. The second kappa shape index (κ2) is 5.62. The van der Waals surface area contributed by atoms with E-state index in [0.717, 1.165) is 0 Å². The van der Waals surface area contributed by atoms with E-state index in [4.69, 9.17) is 5.11 Å². The first kappa shape index (κ1) is 13.2. The molecule has 0 aliphatic heterocycles. The fourth-order valence-corrected chi connectivity index (χ4v) is 1.98. The molecule has 1 amide bonds. The van der Waals surface area contributed by atoms with Crippen LogP contribution >= 0.6 is 15.9 Å². The van der Waals surface area contributed by atoms with E-state index >= 15 is 0 Å². The Labute approximate surface area is 117 Å². The third kappa shape index (κ3) is 2.97. The van der Waals surface area contributed by atoms with E-state index in [1.165, 1.54) is 18.5 Å². The van der Waals surface area contributed by atoms with Gasteiger partial charge in [-0.2, -0.15) is 0 Å². The van der Waals surface area contributed by atoms with E-state index in [0.29, 0.717) is 10.0 Å². The van der Waals surface area contributed by atoms with Gasteiger partial charge in [-0.1, -0.05) is 6.07 Å². The van der Waals surface area contributed by atoms with Crippen LogP contribution in [0.3, 0.4) is 0 Å². The van der Waals surface area contributed by atoms with Crippen molar-refractivity contribution in [3.05, 3.63) is 58.3 Å². The van der Waals surface area contributed by atoms with Crippen LogP contribution < -0.4 is 5.32 Å². The number of nitrogens with one attached hydrogen (secondary N) is 1. The Hall–Kier alpha value is -2.21. The molecule has 1 heterocycles. The fraction of sp³-hybridized carbons (Fsp3) is 0. The number of hydrogen-bond acceptors (Lipinski definition) is 3. The summed E-state index contributed by atoms with van der Waals surface area (Å²) in [6, 6.07) is 7.78. The maximum atomic E-state index is 12.0. The van der Waals surface area contributed by atoms with Gasteiger partial charge in [0, 0.05) is 22.4 Å². The predicted octanol–water partition coefficient (Wildman–Crippen LogP) is 2.79. The lowest BCUT2D eigenvalue weighted by atomic mass is 10.1. The minimum absolute atomic E-state index is 0.0248. The number of carbonyl (C=O) groups is 2. The van der Waals surface area contributed by atoms with Crippen LogP contribution in [0.25, 0.3) is 0 Å². The number of anilines is 1. The third-order valence-corrected chi connectivity index (χ3v) is 3.09. The van der Waals surface area contributed by atoms with Gasteiger partial charge in [0.1, 0.15) is 0 Å². The zero-order chi connectivity index (χ0) is 13.8. The van der Waals surface area contributed by atoms with Gasteiger partial charge in [-0.05, 0) is 40.2 Å². The summed E-state index contributed by atoms with van der Waals surface area (Å²) in [5, 5.41) is 11.7. The van der Waals surface area contributed by atoms with Gasteiger partial charge >= 0.3 is 5.97 Å². The van der Waals surface area contributed by atoms with E-state index in [1.807, 2.05) is 0 Å². The van der Waals surface area contributed by atoms with E-state index in [1.54, 1.807) is 24.3 Å². The maximum absolute atomic E-state index is 12.0. The molecule has 0 atom stereocenters. The summed E-state index contributed by atoms with van der Waals surface area (Å²) in [6.45, 7) is 0. The Morgan fingerprint density at radius 1 is 1.16 bits per heavy atom. The zero-order valence-corrected chi connectivity index (χ0v) is 11.2. The van der Waals surface area contributed by atoms with Crippen molar-refractivity contribution in [1.82, 2.24) is 4.98 Å². The number of hydrogen-bond donors (Lipinski definition) is 2. The predicted molar refractivity (Wildman–Crippen MR) is 73.3 cm³/mol. The lowest BCUT2D eigenvalue weighted by molar-refractivity contribution is 0.0698. The fourth-order valence-electron chi connectivity index (χ4n) is 1.52. The largest absolute Gasteiger partial charge is 0.478 e. The van der Waals surface area contributed by atoms with Gasteiger partial charge in [-0.15, -0.1) is 0 Å². The van der Waals surface area contributed by atoms with E-state index in [-0.39, 0.29) is 11.3 Å². The number of pyridine rings is 1. The number of carboxylic acids is 1. The van der Waals surface area contributed by atoms with Gasteiger partial charge < -0.3 is 10.4 Å². The van der Waals surface area contributed by atoms with Crippen molar-refractivity contribution >= 4 is 33.5 Å². The molecular weight excluding hydrogens is 312 g/mol. The molecule has 2 aromatic rings. The molecule has 96 valence electrons. The number of halogens is 1. The average Bonchev–Trinajstić information content (AvgIpc) is 2.41. The second-order valence-electron chi connectivity index (χ2n) is 3.66. The van der Waals surface area contributed by atoms with Crippen LogP contribution in [0.2, 0.25) is 0 Å². The Bertz CT molecular complexity index is 629. The highest BCUT2D eigenvalue weighted by Crippen LogP contribution is 2.27. The Kier molecular flexibility index (Phi) is 3.91. The van der Waals surface area contributed by atoms with E-state index in [9.17, 15) is 9.59 Å². The third-order valence-electron chi connectivity index (χ3n) is 2.43. The lowest BCUT2D eigenvalue weighted by Crippen LogP contribution is -2.15. The van der Waals surface area contributed by atoms with Crippen LogP contribution in [0, 0.1) is 0 Å². The zero-order valence-electron chi connectivity index (χ0n) is 9.63. The molecule has 5 nitrogen and oxygen atoms in total. The number of carbonyl (C=O) groups excluding carboxylic acids is 1. The van der Waals surface area contributed by atoms with Crippen LogP contribution in [0.5, 0.6) is 0 Å². The van der Waals surface area contributed by atoms with E-state index < -0.39 is 11.9 Å². The first-order valence-electron chi connectivity index (χ1n) is 5.33. The first-order chi connectivity index (χ1) is 9.09. The molecule has 6 heteroatoms. The Balaban J connectivity index is 2.34. The molecule has 0 aliphatic rings. The van der Waals surface area contributed by atoms with Crippen LogP contribution in [-0.4, -0.2) is 22.0 Å². The van der Waals surface area contributed by atoms with Crippen molar-refractivity contribution < 1.29 is 14.7 Å². The molecule has 1 aromatic carbocycles. The Morgan fingerprint density at radius 2 is 1.84 bits per heavy atom. The molecule has 0 fully saturated rings. The highest BCUT2D eigenvalue weighted by atomic mass is 79.9. The summed E-state index contributed by atoms with van der Waals surface area (Å²) in [6.07, 6.45) is 2.99. The molecule has 0 saturated heterocycles. The molecule has 0 aliphatic carbocycles. The topological polar surface area (TPSA) is 79.3 Å². The maximum Gasteiger partial charge on any atom is 0.337 e. The van der Waals surface area contributed by atoms with Crippen LogP contribution in [0.4, 0.5) is 5.69 Å². The first-order valence-corrected chi connectivity index (χ1v) is 6.12. The van der Waals surface area contributed by atoms with Gasteiger partial charge in [0.25, 0.3) is 5.91 Å². The SMILES string of the molecule is O=C(Nc1c(Br)cccc1C(=O)O)c1ccncc1. The number of amides is 1. The van der Waals surface area contributed by atoms with Crippen molar-refractivity contribution in [1.29, 1.82) is 0 Å². The van der Waals surface area contributed by atoms with E-state index in [2.05, 4.69) is 26.2 Å². The molecule has 2 N–H and O–H groups in total. The van der Waals surface area contributed by atoms with Crippen molar-refractivity contribution in [2.45, 2.75) is 0 Å². The van der Waals surface area contributed by atoms with Gasteiger partial charge in [-0.25, -0.2) is 4.79 Å². The number of aromatic carboxylic acids is 1. The number of benzene rings is 1. The number of aromatic nitrogens is 1. The highest BCUT2D eigenvalue weighted by molar-refractivity contribution is 9.10. The normalized spacial score (nSPS) is 9.95. The lowest BCUT2D eigenvalue weighted by Gasteiger charge is -2.10. The highest BCUT2D eigenvalue weighted by Gasteiger charge is 2.15. The molecule has 0 spiro atoms.